The van der Waals surface area contributed by atoms with Crippen molar-refractivity contribution in [3.63, 3.8) is 0 Å². The molecule has 1 saturated carbocycles. The number of aromatic nitrogens is 6. The molecule has 2 atom stereocenters. The molecule has 2 aliphatic rings. The molecule has 1 saturated heterocycles. The van der Waals surface area contributed by atoms with Gasteiger partial charge in [0.25, 0.3) is 0 Å². The Kier molecular flexibility index (Phi) is 4.68. The van der Waals surface area contributed by atoms with Crippen molar-refractivity contribution in [2.24, 2.45) is 11.8 Å². The maximum atomic E-state index is 12.4. The Bertz CT molecular complexity index is 1380. The van der Waals surface area contributed by atoms with E-state index in [0.717, 1.165) is 60.7 Å². The topological polar surface area (TPSA) is 110 Å². The number of anilines is 2. The number of morpholine rings is 1. The number of pyridine rings is 2. The largest absolute Gasteiger partial charge is 0.378 e. The molecule has 168 valence electrons. The number of amides is 1. The van der Waals surface area contributed by atoms with Crippen LogP contribution < -0.4 is 10.2 Å². The molecule has 1 amide bonds. The SMILES string of the molecule is Cc1ncc(-c2nc3ccc(N4CCOCC4)cn3n2)c2cc(NC(=O)[C@H]3C[C@H]3C)nnc12. The van der Waals surface area contributed by atoms with Crippen molar-refractivity contribution in [1.29, 1.82) is 0 Å². The highest BCUT2D eigenvalue weighted by molar-refractivity contribution is 5.98. The van der Waals surface area contributed by atoms with Gasteiger partial charge in [0.05, 0.1) is 30.8 Å². The first-order valence-electron chi connectivity index (χ1n) is 11.2. The predicted octanol–water partition coefficient (Wildman–Crippen LogP) is 2.47. The zero-order valence-corrected chi connectivity index (χ0v) is 18.5. The highest BCUT2D eigenvalue weighted by Crippen LogP contribution is 2.38. The van der Waals surface area contributed by atoms with Crippen LogP contribution in [0, 0.1) is 18.8 Å². The average Bonchev–Trinajstić information content (AvgIpc) is 3.42. The van der Waals surface area contributed by atoms with E-state index >= 15 is 0 Å². The Balaban J connectivity index is 1.38. The van der Waals surface area contributed by atoms with Gasteiger partial charge in [0.1, 0.15) is 5.52 Å². The zero-order valence-electron chi connectivity index (χ0n) is 18.5. The Morgan fingerprint density at radius 2 is 2.03 bits per heavy atom. The number of rotatable bonds is 4. The van der Waals surface area contributed by atoms with Crippen molar-refractivity contribution in [3.05, 3.63) is 36.3 Å². The van der Waals surface area contributed by atoms with E-state index in [1.165, 1.54) is 0 Å². The molecule has 1 N–H and O–H groups in total. The number of fused-ring (bicyclic) bond motifs is 2. The number of nitrogens with zero attached hydrogens (tertiary/aromatic N) is 7. The summed E-state index contributed by atoms with van der Waals surface area (Å²) in [4.78, 5) is 23.9. The van der Waals surface area contributed by atoms with Crippen LogP contribution in [0.1, 0.15) is 19.0 Å². The summed E-state index contributed by atoms with van der Waals surface area (Å²) in [5.74, 6) is 1.45. The van der Waals surface area contributed by atoms with E-state index in [9.17, 15) is 4.79 Å². The predicted molar refractivity (Wildman–Crippen MR) is 123 cm³/mol. The highest BCUT2D eigenvalue weighted by atomic mass is 16.5. The summed E-state index contributed by atoms with van der Waals surface area (Å²) in [6.45, 7) is 7.11. The zero-order chi connectivity index (χ0) is 22.5. The standard InChI is InChI=1S/C23H24N8O2/c1-13-9-16(13)23(32)25-19-10-17-18(11-24-14(2)21(17)28-27-19)22-26-20-4-3-15(12-31(20)29-22)30-5-7-33-8-6-30/h3-4,10-13,16H,5-9H2,1-2H3,(H,25,27,32)/t13-,16+/m1/s1. The molecule has 1 aliphatic heterocycles. The van der Waals surface area contributed by atoms with E-state index < -0.39 is 0 Å². The fraction of sp³-hybridized carbons (Fsp3) is 0.391. The molecule has 4 aromatic rings. The van der Waals surface area contributed by atoms with Gasteiger partial charge in [-0.15, -0.1) is 15.3 Å². The fourth-order valence-electron chi connectivity index (χ4n) is 4.30. The molecule has 10 heteroatoms. The third kappa shape index (κ3) is 3.66. The van der Waals surface area contributed by atoms with Crippen molar-refractivity contribution in [2.75, 3.05) is 36.5 Å². The number of hydrogen-bond acceptors (Lipinski definition) is 8. The third-order valence-electron chi connectivity index (χ3n) is 6.44. The van der Waals surface area contributed by atoms with Crippen LogP contribution >= 0.6 is 0 Å². The smallest absolute Gasteiger partial charge is 0.228 e. The van der Waals surface area contributed by atoms with E-state index in [1.807, 2.05) is 25.3 Å². The Morgan fingerprint density at radius 1 is 1.21 bits per heavy atom. The van der Waals surface area contributed by atoms with Gasteiger partial charge in [0.2, 0.25) is 5.91 Å². The Labute approximate surface area is 190 Å². The molecule has 0 bridgehead atoms. The number of ether oxygens (including phenoxy) is 1. The molecule has 4 aromatic heterocycles. The van der Waals surface area contributed by atoms with Gasteiger partial charge < -0.3 is 15.0 Å². The van der Waals surface area contributed by atoms with Gasteiger partial charge in [-0.05, 0) is 37.5 Å². The van der Waals surface area contributed by atoms with Gasteiger partial charge in [0, 0.05) is 36.2 Å². The summed E-state index contributed by atoms with van der Waals surface area (Å²) in [7, 11) is 0. The van der Waals surface area contributed by atoms with Crippen LogP contribution in [0.4, 0.5) is 11.5 Å². The minimum absolute atomic E-state index is 0.00928. The summed E-state index contributed by atoms with van der Waals surface area (Å²) in [5, 5.41) is 17.0. The third-order valence-corrected chi connectivity index (χ3v) is 6.44. The van der Waals surface area contributed by atoms with Crippen molar-refractivity contribution in [1.82, 2.24) is 29.8 Å². The lowest BCUT2D eigenvalue weighted by Gasteiger charge is -2.28. The average molecular weight is 444 g/mol. The van der Waals surface area contributed by atoms with Gasteiger partial charge in [-0.1, -0.05) is 6.92 Å². The summed E-state index contributed by atoms with van der Waals surface area (Å²) >= 11 is 0. The lowest BCUT2D eigenvalue weighted by Crippen LogP contribution is -2.36. The van der Waals surface area contributed by atoms with Crippen LogP contribution in [0.5, 0.6) is 0 Å². The van der Waals surface area contributed by atoms with E-state index in [4.69, 9.17) is 14.8 Å². The molecule has 0 aromatic carbocycles. The van der Waals surface area contributed by atoms with Crippen molar-refractivity contribution in [3.8, 4) is 11.4 Å². The van der Waals surface area contributed by atoms with E-state index in [2.05, 4.69) is 38.4 Å². The van der Waals surface area contributed by atoms with Crippen LogP contribution in [0.2, 0.25) is 0 Å². The maximum Gasteiger partial charge on any atom is 0.228 e. The summed E-state index contributed by atoms with van der Waals surface area (Å²) in [6, 6.07) is 5.86. The molecule has 10 nitrogen and oxygen atoms in total. The van der Waals surface area contributed by atoms with E-state index in [0.29, 0.717) is 23.1 Å². The molecule has 0 spiro atoms. The van der Waals surface area contributed by atoms with Gasteiger partial charge >= 0.3 is 0 Å². The van der Waals surface area contributed by atoms with Crippen molar-refractivity contribution >= 4 is 34.0 Å². The first-order chi connectivity index (χ1) is 16.1. The van der Waals surface area contributed by atoms with Crippen LogP contribution in [0.3, 0.4) is 0 Å². The number of aryl methyl sites for hydroxylation is 1. The minimum Gasteiger partial charge on any atom is -0.378 e. The highest BCUT2D eigenvalue weighted by Gasteiger charge is 2.39. The number of carbonyl (C=O) groups excluding carboxylic acids is 1. The summed E-state index contributed by atoms with van der Waals surface area (Å²) < 4.78 is 7.25. The maximum absolute atomic E-state index is 12.4. The van der Waals surface area contributed by atoms with E-state index in [1.54, 1.807) is 10.7 Å². The molecule has 33 heavy (non-hydrogen) atoms. The molecule has 0 radical (unpaired) electrons. The molecule has 6 rings (SSSR count). The van der Waals surface area contributed by atoms with Crippen molar-refractivity contribution < 1.29 is 9.53 Å². The second kappa shape index (κ2) is 7.73. The number of hydrogen-bond donors (Lipinski definition) is 1. The lowest BCUT2D eigenvalue weighted by molar-refractivity contribution is -0.117. The second-order valence-electron chi connectivity index (χ2n) is 8.78. The molecular formula is C23H24N8O2. The van der Waals surface area contributed by atoms with Crippen LogP contribution in [-0.2, 0) is 9.53 Å². The quantitative estimate of drug-likeness (QED) is 0.511. The Morgan fingerprint density at radius 3 is 2.82 bits per heavy atom. The number of nitrogens with one attached hydrogen (secondary N) is 1. The van der Waals surface area contributed by atoms with Gasteiger partial charge in [-0.2, -0.15) is 0 Å². The normalized spacial score (nSPS) is 20.4. The van der Waals surface area contributed by atoms with Gasteiger partial charge in [-0.25, -0.2) is 9.50 Å². The second-order valence-corrected chi connectivity index (χ2v) is 8.78. The monoisotopic (exact) mass is 444 g/mol. The molecule has 1 aliphatic carbocycles. The van der Waals surface area contributed by atoms with Crippen molar-refractivity contribution in [2.45, 2.75) is 20.3 Å². The van der Waals surface area contributed by atoms with Crippen LogP contribution in [-0.4, -0.2) is 62.0 Å². The minimum atomic E-state index is -0.00928. The number of carbonyl (C=O) groups is 1. The van der Waals surface area contributed by atoms with Crippen LogP contribution in [0.25, 0.3) is 27.9 Å². The van der Waals surface area contributed by atoms with Crippen LogP contribution in [0.15, 0.2) is 30.6 Å². The molecule has 2 fully saturated rings. The first-order valence-corrected chi connectivity index (χ1v) is 11.2. The summed E-state index contributed by atoms with van der Waals surface area (Å²) in [5.41, 5.74) is 4.00. The first kappa shape index (κ1) is 20.0. The van der Waals surface area contributed by atoms with E-state index in [-0.39, 0.29) is 11.8 Å². The lowest BCUT2D eigenvalue weighted by atomic mass is 10.1. The summed E-state index contributed by atoms with van der Waals surface area (Å²) in [6.07, 6.45) is 4.66. The molecular weight excluding hydrogens is 420 g/mol. The molecule has 0 unspecified atom stereocenters. The van der Waals surface area contributed by atoms with Gasteiger partial charge in [-0.3, -0.25) is 9.78 Å². The Hall–Kier alpha value is -3.66. The molecule has 5 heterocycles. The fourth-order valence-corrected chi connectivity index (χ4v) is 4.30. The van der Waals surface area contributed by atoms with Gasteiger partial charge in [0.15, 0.2) is 17.3 Å².